The van der Waals surface area contributed by atoms with E-state index in [0.29, 0.717) is 10.9 Å². The van der Waals surface area contributed by atoms with Gasteiger partial charge in [-0.05, 0) is 22.9 Å². The molecule has 0 amide bonds. The van der Waals surface area contributed by atoms with Crippen molar-refractivity contribution in [1.29, 1.82) is 0 Å². The summed E-state index contributed by atoms with van der Waals surface area (Å²) in [7, 11) is 0. The Kier molecular flexibility index (Phi) is 2.42. The maximum absolute atomic E-state index is 9.86. The molecule has 84 valence electrons. The van der Waals surface area contributed by atoms with E-state index >= 15 is 0 Å². The molecule has 0 saturated heterocycles. The Bertz CT molecular complexity index is 650. The average molecular weight is 243 g/mol. The molecule has 0 fully saturated rings. The van der Waals surface area contributed by atoms with E-state index in [4.69, 9.17) is 4.74 Å². The summed E-state index contributed by atoms with van der Waals surface area (Å²) in [6.07, 6.45) is 1.66. The number of phenols is 1. The topological polar surface area (TPSA) is 42.4 Å². The zero-order valence-corrected chi connectivity index (χ0v) is 9.65. The van der Waals surface area contributed by atoms with Gasteiger partial charge in [-0.3, -0.25) is 0 Å². The quantitative estimate of drug-likeness (QED) is 0.744. The highest BCUT2D eigenvalue weighted by atomic mass is 32.1. The summed E-state index contributed by atoms with van der Waals surface area (Å²) in [5.74, 6) is 0.553. The predicted molar refractivity (Wildman–Crippen MR) is 67.8 cm³/mol. The first-order valence-corrected chi connectivity index (χ1v) is 6.00. The van der Waals surface area contributed by atoms with Crippen LogP contribution in [0.15, 0.2) is 48.0 Å². The minimum Gasteiger partial charge on any atom is -0.504 e. The van der Waals surface area contributed by atoms with Crippen LogP contribution in [-0.4, -0.2) is 10.1 Å². The van der Waals surface area contributed by atoms with Crippen LogP contribution >= 0.6 is 11.3 Å². The van der Waals surface area contributed by atoms with Crippen molar-refractivity contribution in [3.05, 3.63) is 48.0 Å². The fraction of sp³-hybridized carbons (Fsp3) is 0. The highest BCUT2D eigenvalue weighted by Gasteiger charge is 2.07. The fourth-order valence-corrected chi connectivity index (χ4v) is 2.14. The van der Waals surface area contributed by atoms with Crippen molar-refractivity contribution in [2.75, 3.05) is 0 Å². The first kappa shape index (κ1) is 10.1. The van der Waals surface area contributed by atoms with Crippen LogP contribution in [0.5, 0.6) is 16.7 Å². The maximum atomic E-state index is 9.86. The number of phenolic OH excluding ortho intramolecular Hbond substituents is 1. The van der Waals surface area contributed by atoms with E-state index in [-0.39, 0.29) is 5.75 Å². The highest BCUT2D eigenvalue weighted by molar-refractivity contribution is 7.11. The van der Waals surface area contributed by atoms with Gasteiger partial charge in [0.25, 0.3) is 5.19 Å². The van der Waals surface area contributed by atoms with Gasteiger partial charge in [0.15, 0.2) is 11.5 Å². The van der Waals surface area contributed by atoms with Gasteiger partial charge in [0.2, 0.25) is 0 Å². The first-order chi connectivity index (χ1) is 8.33. The molecule has 1 heterocycles. The van der Waals surface area contributed by atoms with Crippen molar-refractivity contribution in [3.8, 4) is 16.7 Å². The molecule has 17 heavy (non-hydrogen) atoms. The number of fused-ring (bicyclic) bond motifs is 1. The van der Waals surface area contributed by atoms with E-state index in [1.54, 1.807) is 12.3 Å². The van der Waals surface area contributed by atoms with E-state index in [1.807, 2.05) is 35.7 Å². The van der Waals surface area contributed by atoms with Crippen molar-refractivity contribution < 1.29 is 9.84 Å². The SMILES string of the molecule is Oc1cc2ccccc2cc1Oc1nccs1. The lowest BCUT2D eigenvalue weighted by Crippen LogP contribution is -1.84. The molecule has 4 heteroatoms. The predicted octanol–water partition coefficient (Wildman–Crippen LogP) is 3.79. The lowest BCUT2D eigenvalue weighted by molar-refractivity contribution is 0.411. The Morgan fingerprint density at radius 3 is 2.59 bits per heavy atom. The van der Waals surface area contributed by atoms with Gasteiger partial charge in [-0.15, -0.1) is 0 Å². The smallest absolute Gasteiger partial charge is 0.278 e. The lowest BCUT2D eigenvalue weighted by Gasteiger charge is -2.06. The largest absolute Gasteiger partial charge is 0.504 e. The molecule has 0 radical (unpaired) electrons. The highest BCUT2D eigenvalue weighted by Crippen LogP contribution is 2.35. The molecule has 0 atom stereocenters. The fourth-order valence-electron chi connectivity index (χ4n) is 1.64. The van der Waals surface area contributed by atoms with Crippen LogP contribution in [0.2, 0.25) is 0 Å². The normalized spacial score (nSPS) is 10.6. The molecule has 0 spiro atoms. The van der Waals surface area contributed by atoms with Crippen LogP contribution in [0, 0.1) is 0 Å². The molecule has 0 saturated carbocycles. The van der Waals surface area contributed by atoms with Gasteiger partial charge in [0.05, 0.1) is 0 Å². The summed E-state index contributed by atoms with van der Waals surface area (Å²) in [5, 5.41) is 14.2. The summed E-state index contributed by atoms with van der Waals surface area (Å²) in [6.45, 7) is 0. The molecule has 1 N–H and O–H groups in total. The Labute approximate surface area is 102 Å². The van der Waals surface area contributed by atoms with Gasteiger partial charge in [0, 0.05) is 11.6 Å². The third-order valence-electron chi connectivity index (χ3n) is 2.43. The second kappa shape index (κ2) is 4.07. The Morgan fingerprint density at radius 1 is 1.12 bits per heavy atom. The maximum Gasteiger partial charge on any atom is 0.278 e. The van der Waals surface area contributed by atoms with E-state index in [1.165, 1.54) is 11.3 Å². The molecule has 2 aromatic carbocycles. The molecular weight excluding hydrogens is 234 g/mol. The lowest BCUT2D eigenvalue weighted by atomic mass is 10.1. The number of hydrogen-bond donors (Lipinski definition) is 1. The van der Waals surface area contributed by atoms with Gasteiger partial charge in [-0.25, -0.2) is 4.98 Å². The molecule has 1 aromatic heterocycles. The van der Waals surface area contributed by atoms with E-state index in [9.17, 15) is 5.11 Å². The second-order valence-electron chi connectivity index (χ2n) is 3.57. The van der Waals surface area contributed by atoms with Crippen LogP contribution < -0.4 is 4.74 Å². The summed E-state index contributed by atoms with van der Waals surface area (Å²) in [4.78, 5) is 4.02. The van der Waals surface area contributed by atoms with Crippen LogP contribution in [0.3, 0.4) is 0 Å². The van der Waals surface area contributed by atoms with Crippen molar-refractivity contribution in [3.63, 3.8) is 0 Å². The van der Waals surface area contributed by atoms with Gasteiger partial charge < -0.3 is 9.84 Å². The molecule has 0 aliphatic carbocycles. The Balaban J connectivity index is 2.07. The summed E-state index contributed by atoms with van der Waals surface area (Å²) >= 11 is 1.39. The van der Waals surface area contributed by atoms with E-state index in [0.717, 1.165) is 10.8 Å². The standard InChI is InChI=1S/C13H9NO2S/c15-11-7-9-3-1-2-4-10(9)8-12(11)16-13-14-5-6-17-13/h1-8,15H. The molecular formula is C13H9NO2S. The van der Waals surface area contributed by atoms with E-state index in [2.05, 4.69) is 4.98 Å². The van der Waals surface area contributed by atoms with Gasteiger partial charge in [-0.2, -0.15) is 0 Å². The van der Waals surface area contributed by atoms with Gasteiger partial charge >= 0.3 is 0 Å². The summed E-state index contributed by atoms with van der Waals surface area (Å²) in [6, 6.07) is 11.3. The van der Waals surface area contributed by atoms with Crippen LogP contribution in [-0.2, 0) is 0 Å². The number of aromatic nitrogens is 1. The number of benzene rings is 2. The van der Waals surface area contributed by atoms with Crippen molar-refractivity contribution >= 4 is 22.1 Å². The first-order valence-electron chi connectivity index (χ1n) is 5.12. The van der Waals surface area contributed by atoms with Crippen molar-refractivity contribution in [1.82, 2.24) is 4.98 Å². The second-order valence-corrected chi connectivity index (χ2v) is 4.42. The molecule has 0 bridgehead atoms. The Morgan fingerprint density at radius 2 is 1.88 bits per heavy atom. The number of ether oxygens (including phenoxy) is 1. The summed E-state index contributed by atoms with van der Waals surface area (Å²) < 4.78 is 5.51. The number of hydrogen-bond acceptors (Lipinski definition) is 4. The third kappa shape index (κ3) is 1.94. The molecule has 3 aromatic rings. The molecule has 3 rings (SSSR count). The number of nitrogens with zero attached hydrogens (tertiary/aromatic N) is 1. The van der Waals surface area contributed by atoms with Gasteiger partial charge in [0.1, 0.15) is 0 Å². The van der Waals surface area contributed by atoms with E-state index < -0.39 is 0 Å². The number of thiazole rings is 1. The average Bonchev–Trinajstić information content (AvgIpc) is 2.83. The molecule has 0 aliphatic heterocycles. The van der Waals surface area contributed by atoms with Crippen LogP contribution in [0.1, 0.15) is 0 Å². The monoisotopic (exact) mass is 243 g/mol. The number of rotatable bonds is 2. The molecule has 3 nitrogen and oxygen atoms in total. The van der Waals surface area contributed by atoms with Crippen LogP contribution in [0.25, 0.3) is 10.8 Å². The zero-order valence-electron chi connectivity index (χ0n) is 8.83. The molecule has 0 aliphatic rings. The summed E-state index contributed by atoms with van der Waals surface area (Å²) in [5.41, 5.74) is 0. The van der Waals surface area contributed by atoms with Crippen LogP contribution in [0.4, 0.5) is 0 Å². The molecule has 0 unspecified atom stereocenters. The zero-order chi connectivity index (χ0) is 11.7. The minimum absolute atomic E-state index is 0.124. The van der Waals surface area contributed by atoms with Gasteiger partial charge in [-0.1, -0.05) is 35.6 Å². The third-order valence-corrected chi connectivity index (χ3v) is 3.08. The Hall–Kier alpha value is -2.07. The number of aromatic hydroxyl groups is 1. The van der Waals surface area contributed by atoms with Crippen molar-refractivity contribution in [2.24, 2.45) is 0 Å². The van der Waals surface area contributed by atoms with Crippen molar-refractivity contribution in [2.45, 2.75) is 0 Å². The minimum atomic E-state index is 0.124.